The van der Waals surface area contributed by atoms with Gasteiger partial charge in [-0.2, -0.15) is 0 Å². The van der Waals surface area contributed by atoms with Crippen LogP contribution in [0, 0.1) is 6.92 Å². The van der Waals surface area contributed by atoms with Gasteiger partial charge in [0.2, 0.25) is 0 Å². The highest BCUT2D eigenvalue weighted by Gasteiger charge is 2.17. The van der Waals surface area contributed by atoms with Gasteiger partial charge in [0.25, 0.3) is 10.0 Å². The van der Waals surface area contributed by atoms with Crippen molar-refractivity contribution >= 4 is 26.8 Å². The zero-order chi connectivity index (χ0) is 15.7. The van der Waals surface area contributed by atoms with E-state index < -0.39 is 10.0 Å². The molecular formula is C16H16N2O3S. The Bertz CT molecular complexity index is 929. The molecule has 114 valence electrons. The molecule has 1 aromatic heterocycles. The lowest BCUT2D eigenvalue weighted by molar-refractivity contribution is 0.559. The first-order valence-electron chi connectivity index (χ1n) is 6.97. The molecule has 0 aliphatic carbocycles. The summed E-state index contributed by atoms with van der Waals surface area (Å²) in [7, 11) is -3.67. The van der Waals surface area contributed by atoms with E-state index in [1.807, 2.05) is 19.1 Å². The van der Waals surface area contributed by atoms with E-state index in [9.17, 15) is 8.42 Å². The molecule has 3 aromatic rings. The number of anilines is 1. The number of hydrogen-bond donors (Lipinski definition) is 1. The van der Waals surface area contributed by atoms with Crippen molar-refractivity contribution in [2.75, 3.05) is 4.72 Å². The van der Waals surface area contributed by atoms with E-state index >= 15 is 0 Å². The zero-order valence-electron chi connectivity index (χ0n) is 12.3. The van der Waals surface area contributed by atoms with E-state index in [0.717, 1.165) is 12.0 Å². The molecule has 0 aliphatic rings. The summed E-state index contributed by atoms with van der Waals surface area (Å²) in [5, 5.41) is 0. The smallest absolute Gasteiger partial charge is 0.262 e. The highest BCUT2D eigenvalue weighted by molar-refractivity contribution is 7.92. The van der Waals surface area contributed by atoms with E-state index in [1.54, 1.807) is 25.1 Å². The molecule has 3 rings (SSSR count). The number of sulfonamides is 1. The maximum Gasteiger partial charge on any atom is 0.262 e. The fourth-order valence-electron chi connectivity index (χ4n) is 2.32. The van der Waals surface area contributed by atoms with Crippen LogP contribution >= 0.6 is 0 Å². The highest BCUT2D eigenvalue weighted by Crippen LogP contribution is 2.23. The Hall–Kier alpha value is -2.34. The number of nitrogens with zero attached hydrogens (tertiary/aromatic N) is 1. The van der Waals surface area contributed by atoms with Crippen molar-refractivity contribution in [3.8, 4) is 0 Å². The van der Waals surface area contributed by atoms with Crippen molar-refractivity contribution < 1.29 is 12.8 Å². The van der Waals surface area contributed by atoms with Gasteiger partial charge in [-0.1, -0.05) is 25.1 Å². The number of hydrogen-bond acceptors (Lipinski definition) is 4. The van der Waals surface area contributed by atoms with Crippen LogP contribution in [0.3, 0.4) is 0 Å². The van der Waals surface area contributed by atoms with Gasteiger partial charge in [-0.05, 0) is 30.2 Å². The molecule has 6 heteroatoms. The van der Waals surface area contributed by atoms with Crippen LogP contribution in [-0.2, 0) is 16.4 Å². The first-order valence-corrected chi connectivity index (χ1v) is 8.46. The van der Waals surface area contributed by atoms with Crippen LogP contribution < -0.4 is 4.72 Å². The van der Waals surface area contributed by atoms with Crippen molar-refractivity contribution in [3.63, 3.8) is 0 Å². The van der Waals surface area contributed by atoms with Crippen molar-refractivity contribution in [1.82, 2.24) is 4.98 Å². The lowest BCUT2D eigenvalue weighted by Crippen LogP contribution is -2.14. The number of rotatable bonds is 4. The second kappa shape index (κ2) is 5.46. The van der Waals surface area contributed by atoms with Crippen LogP contribution in [0.4, 0.5) is 5.69 Å². The van der Waals surface area contributed by atoms with Crippen LogP contribution in [-0.4, -0.2) is 13.4 Å². The van der Waals surface area contributed by atoms with Crippen LogP contribution in [0.25, 0.3) is 11.1 Å². The largest absolute Gasteiger partial charge is 0.441 e. The Labute approximate surface area is 129 Å². The van der Waals surface area contributed by atoms with Gasteiger partial charge >= 0.3 is 0 Å². The van der Waals surface area contributed by atoms with Gasteiger partial charge in [0.15, 0.2) is 11.5 Å². The molecule has 0 saturated carbocycles. The number of aromatic nitrogens is 1. The van der Waals surface area contributed by atoms with E-state index in [2.05, 4.69) is 9.71 Å². The average molecular weight is 316 g/mol. The standard InChI is InChI=1S/C16H16N2O3S/c1-3-12-6-4-5-7-14(12)18-22(19,20)13-8-9-15-16(10-13)21-11(2)17-15/h4-10,18H,3H2,1-2H3. The summed E-state index contributed by atoms with van der Waals surface area (Å²) >= 11 is 0. The Kier molecular flexibility index (Phi) is 3.62. The normalized spacial score (nSPS) is 11.7. The molecule has 0 radical (unpaired) electrons. The molecule has 22 heavy (non-hydrogen) atoms. The number of fused-ring (bicyclic) bond motifs is 1. The number of aryl methyl sites for hydroxylation is 2. The van der Waals surface area contributed by atoms with Gasteiger partial charge < -0.3 is 4.42 Å². The predicted molar refractivity (Wildman–Crippen MR) is 85.4 cm³/mol. The fraction of sp³-hybridized carbons (Fsp3) is 0.188. The Morgan fingerprint density at radius 1 is 1.18 bits per heavy atom. The quantitative estimate of drug-likeness (QED) is 0.799. The molecule has 2 aromatic carbocycles. The van der Waals surface area contributed by atoms with E-state index in [-0.39, 0.29) is 4.90 Å². The SMILES string of the molecule is CCc1ccccc1NS(=O)(=O)c1ccc2nc(C)oc2c1. The lowest BCUT2D eigenvalue weighted by atomic mass is 10.1. The highest BCUT2D eigenvalue weighted by atomic mass is 32.2. The van der Waals surface area contributed by atoms with E-state index in [1.165, 1.54) is 12.1 Å². The summed E-state index contributed by atoms with van der Waals surface area (Å²) in [5.74, 6) is 0.508. The van der Waals surface area contributed by atoms with Gasteiger partial charge in [-0.15, -0.1) is 0 Å². The molecule has 5 nitrogen and oxygen atoms in total. The third kappa shape index (κ3) is 2.69. The number of para-hydroxylation sites is 1. The summed E-state index contributed by atoms with van der Waals surface area (Å²) in [4.78, 5) is 4.32. The summed E-state index contributed by atoms with van der Waals surface area (Å²) in [6.07, 6.45) is 0.749. The Morgan fingerprint density at radius 2 is 1.95 bits per heavy atom. The second-order valence-corrected chi connectivity index (χ2v) is 6.66. The minimum Gasteiger partial charge on any atom is -0.441 e. The molecule has 0 spiro atoms. The van der Waals surface area contributed by atoms with Crippen LogP contribution in [0.5, 0.6) is 0 Å². The fourth-order valence-corrected chi connectivity index (χ4v) is 3.44. The van der Waals surface area contributed by atoms with Crippen LogP contribution in [0.2, 0.25) is 0 Å². The summed E-state index contributed by atoms with van der Waals surface area (Å²) in [5.41, 5.74) is 2.65. The minimum absolute atomic E-state index is 0.155. The maximum atomic E-state index is 12.5. The molecule has 0 bridgehead atoms. The maximum absolute atomic E-state index is 12.5. The summed E-state index contributed by atoms with van der Waals surface area (Å²) in [6, 6.07) is 12.0. The second-order valence-electron chi connectivity index (χ2n) is 4.98. The van der Waals surface area contributed by atoms with E-state index in [4.69, 9.17) is 4.42 Å². The van der Waals surface area contributed by atoms with Gasteiger partial charge in [-0.25, -0.2) is 13.4 Å². The lowest BCUT2D eigenvalue weighted by Gasteiger charge is -2.11. The van der Waals surface area contributed by atoms with E-state index in [0.29, 0.717) is 22.7 Å². The van der Waals surface area contributed by atoms with Crippen LogP contribution in [0.15, 0.2) is 51.8 Å². The first kappa shape index (κ1) is 14.6. The predicted octanol–water partition coefficient (Wildman–Crippen LogP) is 3.50. The molecule has 0 amide bonds. The number of benzene rings is 2. The molecule has 0 atom stereocenters. The third-order valence-corrected chi connectivity index (χ3v) is 4.78. The number of nitrogens with one attached hydrogen (secondary N) is 1. The Morgan fingerprint density at radius 3 is 2.73 bits per heavy atom. The van der Waals surface area contributed by atoms with Crippen molar-refractivity contribution in [2.45, 2.75) is 25.2 Å². The molecular weight excluding hydrogens is 300 g/mol. The van der Waals surface area contributed by atoms with Crippen molar-refractivity contribution in [1.29, 1.82) is 0 Å². The third-order valence-electron chi connectivity index (χ3n) is 3.42. The van der Waals surface area contributed by atoms with Crippen molar-refractivity contribution in [3.05, 3.63) is 53.9 Å². The van der Waals surface area contributed by atoms with Gasteiger partial charge in [-0.3, -0.25) is 4.72 Å². The summed E-state index contributed by atoms with van der Waals surface area (Å²) < 4.78 is 33.1. The average Bonchev–Trinajstić information content (AvgIpc) is 2.86. The molecule has 0 unspecified atom stereocenters. The topological polar surface area (TPSA) is 72.2 Å². The van der Waals surface area contributed by atoms with Crippen molar-refractivity contribution in [2.24, 2.45) is 0 Å². The molecule has 1 N–H and O–H groups in total. The molecule has 0 fully saturated rings. The van der Waals surface area contributed by atoms with Crippen LogP contribution in [0.1, 0.15) is 18.4 Å². The van der Waals surface area contributed by atoms with Gasteiger partial charge in [0.1, 0.15) is 5.52 Å². The first-order chi connectivity index (χ1) is 10.5. The number of oxazole rings is 1. The molecule has 1 heterocycles. The zero-order valence-corrected chi connectivity index (χ0v) is 13.1. The summed E-state index contributed by atoms with van der Waals surface area (Å²) in [6.45, 7) is 3.71. The molecule has 0 saturated heterocycles. The van der Waals surface area contributed by atoms with Gasteiger partial charge in [0.05, 0.1) is 10.6 Å². The Balaban J connectivity index is 2.00. The minimum atomic E-state index is -3.67. The molecule has 0 aliphatic heterocycles. The monoisotopic (exact) mass is 316 g/mol. The van der Waals surface area contributed by atoms with Gasteiger partial charge in [0, 0.05) is 13.0 Å².